The Morgan fingerprint density at radius 2 is 2.06 bits per heavy atom. The molecule has 0 bridgehead atoms. The van der Waals surface area contributed by atoms with Crippen LogP contribution in [0.15, 0.2) is 18.2 Å². The van der Waals surface area contributed by atoms with E-state index in [0.29, 0.717) is 0 Å². The molecule has 1 aromatic rings. The van der Waals surface area contributed by atoms with Crippen LogP contribution in [0, 0.1) is 19.8 Å². The summed E-state index contributed by atoms with van der Waals surface area (Å²) < 4.78 is 5.48. The molecule has 0 aromatic heterocycles. The van der Waals surface area contributed by atoms with Crippen molar-refractivity contribution in [2.45, 2.75) is 39.5 Å². The molecule has 98 valence electrons. The maximum Gasteiger partial charge on any atom is 0.188 e. The molecule has 1 aromatic carbocycles. The van der Waals surface area contributed by atoms with Crippen LogP contribution in [-0.2, 0) is 4.74 Å². The summed E-state index contributed by atoms with van der Waals surface area (Å²) in [6, 6.07) is 5.84. The fourth-order valence-electron chi connectivity index (χ4n) is 2.19. The summed E-state index contributed by atoms with van der Waals surface area (Å²) in [7, 11) is 0. The van der Waals surface area contributed by atoms with Gasteiger partial charge in [0.1, 0.15) is 6.61 Å². The standard InChI is InChI=1S/C16H22O2/c1-12-6-7-15(10-13(12)2)16(17)11-18-9-8-14-4-3-5-14/h6-7,10,14H,3-5,8-9,11H2,1-2H3. The molecule has 2 nitrogen and oxygen atoms in total. The second kappa shape index (κ2) is 6.14. The van der Waals surface area contributed by atoms with Crippen LogP contribution in [0.3, 0.4) is 0 Å². The third-order valence-corrected chi connectivity index (χ3v) is 3.96. The van der Waals surface area contributed by atoms with Crippen LogP contribution in [0.2, 0.25) is 0 Å². The van der Waals surface area contributed by atoms with Gasteiger partial charge in [0.05, 0.1) is 0 Å². The van der Waals surface area contributed by atoms with Crippen molar-refractivity contribution in [2.75, 3.05) is 13.2 Å². The van der Waals surface area contributed by atoms with Gasteiger partial charge in [-0.15, -0.1) is 0 Å². The summed E-state index contributed by atoms with van der Waals surface area (Å²) in [4.78, 5) is 11.9. The predicted octanol–water partition coefficient (Wildman–Crippen LogP) is 3.69. The maximum atomic E-state index is 11.9. The predicted molar refractivity (Wildman–Crippen MR) is 73.0 cm³/mol. The molecule has 0 atom stereocenters. The van der Waals surface area contributed by atoms with Gasteiger partial charge in [0.15, 0.2) is 5.78 Å². The monoisotopic (exact) mass is 246 g/mol. The molecular formula is C16H22O2. The lowest BCUT2D eigenvalue weighted by atomic mass is 9.83. The molecule has 2 heteroatoms. The molecule has 0 radical (unpaired) electrons. The minimum absolute atomic E-state index is 0.0895. The third-order valence-electron chi connectivity index (χ3n) is 3.96. The Kier molecular flexibility index (Phi) is 4.54. The van der Waals surface area contributed by atoms with Crippen LogP contribution in [0.25, 0.3) is 0 Å². The number of carbonyl (C=O) groups is 1. The van der Waals surface area contributed by atoms with Crippen molar-refractivity contribution in [3.05, 3.63) is 34.9 Å². The number of Topliss-reactive ketones (excluding diaryl/α,β-unsaturated/α-hetero) is 1. The van der Waals surface area contributed by atoms with Gasteiger partial charge in [-0.1, -0.05) is 31.4 Å². The van der Waals surface area contributed by atoms with Crippen LogP contribution in [-0.4, -0.2) is 19.0 Å². The van der Waals surface area contributed by atoms with E-state index < -0.39 is 0 Å². The molecule has 2 rings (SSSR count). The Morgan fingerprint density at radius 1 is 1.28 bits per heavy atom. The summed E-state index contributed by atoms with van der Waals surface area (Å²) in [5.74, 6) is 0.938. The zero-order chi connectivity index (χ0) is 13.0. The first-order valence-corrected chi connectivity index (χ1v) is 6.85. The molecule has 0 saturated heterocycles. The molecular weight excluding hydrogens is 224 g/mol. The van der Waals surface area contributed by atoms with Gasteiger partial charge in [0.2, 0.25) is 0 Å². The highest BCUT2D eigenvalue weighted by molar-refractivity contribution is 5.97. The van der Waals surface area contributed by atoms with Gasteiger partial charge < -0.3 is 4.74 Å². The van der Waals surface area contributed by atoms with E-state index >= 15 is 0 Å². The van der Waals surface area contributed by atoms with Gasteiger partial charge in [0, 0.05) is 12.2 Å². The van der Waals surface area contributed by atoms with Crippen molar-refractivity contribution in [1.29, 1.82) is 0 Å². The molecule has 0 aliphatic heterocycles. The van der Waals surface area contributed by atoms with Crippen LogP contribution >= 0.6 is 0 Å². The van der Waals surface area contributed by atoms with E-state index in [2.05, 4.69) is 6.92 Å². The van der Waals surface area contributed by atoms with E-state index in [1.54, 1.807) is 0 Å². The minimum atomic E-state index is 0.0895. The summed E-state index contributed by atoms with van der Waals surface area (Å²) in [6.45, 7) is 5.03. The zero-order valence-corrected chi connectivity index (χ0v) is 11.4. The van der Waals surface area contributed by atoms with Gasteiger partial charge in [-0.05, 0) is 43.4 Å². The smallest absolute Gasteiger partial charge is 0.188 e. The van der Waals surface area contributed by atoms with Gasteiger partial charge in [-0.25, -0.2) is 0 Å². The van der Waals surface area contributed by atoms with E-state index in [1.807, 2.05) is 25.1 Å². The van der Waals surface area contributed by atoms with Gasteiger partial charge in [-0.3, -0.25) is 4.79 Å². The second-order valence-electron chi connectivity index (χ2n) is 5.36. The van der Waals surface area contributed by atoms with Crippen LogP contribution in [0.5, 0.6) is 0 Å². The highest BCUT2D eigenvalue weighted by Gasteiger charge is 2.16. The lowest BCUT2D eigenvalue weighted by Crippen LogP contribution is -2.16. The summed E-state index contributed by atoms with van der Waals surface area (Å²) in [5, 5.41) is 0. The Hall–Kier alpha value is -1.15. The maximum absolute atomic E-state index is 11.9. The normalized spacial score (nSPS) is 15.4. The molecule has 18 heavy (non-hydrogen) atoms. The fraction of sp³-hybridized carbons (Fsp3) is 0.562. The summed E-state index contributed by atoms with van der Waals surface area (Å²) in [5.41, 5.74) is 3.15. The van der Waals surface area contributed by atoms with Crippen molar-refractivity contribution in [2.24, 2.45) is 5.92 Å². The SMILES string of the molecule is Cc1ccc(C(=O)COCCC2CCC2)cc1C. The molecule has 1 aliphatic carbocycles. The molecule has 0 N–H and O–H groups in total. The van der Waals surface area contributed by atoms with E-state index in [-0.39, 0.29) is 12.4 Å². The Labute approximate surface area is 109 Å². The van der Waals surface area contributed by atoms with Crippen molar-refractivity contribution >= 4 is 5.78 Å². The number of hydrogen-bond donors (Lipinski definition) is 0. The first kappa shape index (κ1) is 13.3. The number of hydrogen-bond acceptors (Lipinski definition) is 2. The van der Waals surface area contributed by atoms with E-state index in [0.717, 1.165) is 30.1 Å². The molecule has 0 amide bonds. The number of ether oxygens (including phenoxy) is 1. The van der Waals surface area contributed by atoms with E-state index in [9.17, 15) is 4.79 Å². The number of benzene rings is 1. The summed E-state index contributed by atoms with van der Waals surface area (Å²) >= 11 is 0. The Bertz CT molecular complexity index is 419. The Balaban J connectivity index is 1.74. The van der Waals surface area contributed by atoms with E-state index in [1.165, 1.54) is 24.8 Å². The van der Waals surface area contributed by atoms with Crippen LogP contribution in [0.1, 0.15) is 47.2 Å². The second-order valence-corrected chi connectivity index (χ2v) is 5.36. The van der Waals surface area contributed by atoms with Crippen LogP contribution < -0.4 is 0 Å². The first-order chi connectivity index (χ1) is 8.66. The largest absolute Gasteiger partial charge is 0.373 e. The third kappa shape index (κ3) is 3.42. The lowest BCUT2D eigenvalue weighted by Gasteiger charge is -2.24. The topological polar surface area (TPSA) is 26.3 Å². The van der Waals surface area contributed by atoms with Crippen LogP contribution in [0.4, 0.5) is 0 Å². The highest BCUT2D eigenvalue weighted by Crippen LogP contribution is 2.29. The highest BCUT2D eigenvalue weighted by atomic mass is 16.5. The number of carbonyl (C=O) groups excluding carboxylic acids is 1. The van der Waals surface area contributed by atoms with Gasteiger partial charge in [0.25, 0.3) is 0 Å². The molecule has 1 aliphatic rings. The molecule has 0 unspecified atom stereocenters. The summed E-state index contributed by atoms with van der Waals surface area (Å²) in [6.07, 6.45) is 5.16. The zero-order valence-electron chi connectivity index (χ0n) is 11.4. The number of ketones is 1. The molecule has 0 heterocycles. The van der Waals surface area contributed by atoms with Crippen molar-refractivity contribution < 1.29 is 9.53 Å². The molecule has 0 spiro atoms. The lowest BCUT2D eigenvalue weighted by molar-refractivity contribution is 0.0705. The Morgan fingerprint density at radius 3 is 2.67 bits per heavy atom. The number of aryl methyl sites for hydroxylation is 2. The van der Waals surface area contributed by atoms with Gasteiger partial charge >= 0.3 is 0 Å². The molecule has 1 fully saturated rings. The van der Waals surface area contributed by atoms with Crippen molar-refractivity contribution in [3.63, 3.8) is 0 Å². The first-order valence-electron chi connectivity index (χ1n) is 6.85. The van der Waals surface area contributed by atoms with Crippen molar-refractivity contribution in [3.8, 4) is 0 Å². The average molecular weight is 246 g/mol. The number of rotatable bonds is 6. The fourth-order valence-corrected chi connectivity index (χ4v) is 2.19. The van der Waals surface area contributed by atoms with Crippen molar-refractivity contribution in [1.82, 2.24) is 0 Å². The molecule has 1 saturated carbocycles. The van der Waals surface area contributed by atoms with E-state index in [4.69, 9.17) is 4.74 Å². The average Bonchev–Trinajstić information content (AvgIpc) is 2.30. The minimum Gasteiger partial charge on any atom is -0.373 e. The van der Waals surface area contributed by atoms with Gasteiger partial charge in [-0.2, -0.15) is 0 Å². The quantitative estimate of drug-likeness (QED) is 0.565.